The predicted octanol–water partition coefficient (Wildman–Crippen LogP) is 4.01. The summed E-state index contributed by atoms with van der Waals surface area (Å²) in [5.74, 6) is -0.549. The molecule has 0 aliphatic carbocycles. The van der Waals surface area contributed by atoms with Crippen molar-refractivity contribution in [1.29, 1.82) is 0 Å². The Morgan fingerprint density at radius 1 is 1.17 bits per heavy atom. The Labute approximate surface area is 172 Å². The van der Waals surface area contributed by atoms with Gasteiger partial charge >= 0.3 is 6.09 Å². The highest BCUT2D eigenvalue weighted by atomic mass is 32.2. The zero-order valence-corrected chi connectivity index (χ0v) is 17.2. The first-order valence-corrected chi connectivity index (χ1v) is 11.3. The SMILES string of the molecule is COC(=O)Nc1ccc(S(=O)(=O)N2CCS[C@H](c3cc(F)ccc3F)CC2)cc1. The van der Waals surface area contributed by atoms with Crippen molar-refractivity contribution >= 4 is 33.6 Å². The van der Waals surface area contributed by atoms with Crippen molar-refractivity contribution in [3.63, 3.8) is 0 Å². The summed E-state index contributed by atoms with van der Waals surface area (Å²) in [6.45, 7) is 0.459. The maximum absolute atomic E-state index is 14.1. The first-order chi connectivity index (χ1) is 13.8. The first kappa shape index (κ1) is 21.5. The second-order valence-corrected chi connectivity index (χ2v) is 9.61. The minimum absolute atomic E-state index is 0.0910. The number of hydrogen-bond donors (Lipinski definition) is 1. The van der Waals surface area contributed by atoms with Crippen LogP contribution in [0, 0.1) is 11.6 Å². The lowest BCUT2D eigenvalue weighted by molar-refractivity contribution is 0.187. The van der Waals surface area contributed by atoms with E-state index in [-0.39, 0.29) is 28.8 Å². The predicted molar refractivity (Wildman–Crippen MR) is 107 cm³/mol. The summed E-state index contributed by atoms with van der Waals surface area (Å²) in [5, 5.41) is 2.13. The summed E-state index contributed by atoms with van der Waals surface area (Å²) in [6, 6.07) is 9.09. The number of hydrogen-bond acceptors (Lipinski definition) is 5. The van der Waals surface area contributed by atoms with Crippen molar-refractivity contribution in [2.45, 2.75) is 16.6 Å². The van der Waals surface area contributed by atoms with Gasteiger partial charge in [0.15, 0.2) is 0 Å². The number of thioether (sulfide) groups is 1. The molecule has 1 saturated heterocycles. The molecular weight excluding hydrogens is 422 g/mol. The zero-order chi connectivity index (χ0) is 21.0. The monoisotopic (exact) mass is 442 g/mol. The Bertz CT molecular complexity index is 984. The largest absolute Gasteiger partial charge is 0.453 e. The summed E-state index contributed by atoms with van der Waals surface area (Å²) in [5.41, 5.74) is 0.663. The molecule has 10 heteroatoms. The summed E-state index contributed by atoms with van der Waals surface area (Å²) in [6.07, 6.45) is -0.285. The number of rotatable bonds is 4. The summed E-state index contributed by atoms with van der Waals surface area (Å²) < 4.78 is 59.4. The van der Waals surface area contributed by atoms with Crippen molar-refractivity contribution in [3.8, 4) is 0 Å². The van der Waals surface area contributed by atoms with Crippen LogP contribution in [0.1, 0.15) is 17.2 Å². The minimum atomic E-state index is -3.75. The Morgan fingerprint density at radius 3 is 2.59 bits per heavy atom. The van der Waals surface area contributed by atoms with Crippen molar-refractivity contribution < 1.29 is 26.7 Å². The smallest absolute Gasteiger partial charge is 0.411 e. The van der Waals surface area contributed by atoms with Crippen LogP contribution in [0.25, 0.3) is 0 Å². The van der Waals surface area contributed by atoms with E-state index in [0.717, 1.165) is 12.1 Å². The minimum Gasteiger partial charge on any atom is -0.453 e. The van der Waals surface area contributed by atoms with Crippen molar-refractivity contribution in [3.05, 3.63) is 59.7 Å². The average molecular weight is 443 g/mol. The van der Waals surface area contributed by atoms with Gasteiger partial charge in [0, 0.05) is 35.3 Å². The summed E-state index contributed by atoms with van der Waals surface area (Å²) in [7, 11) is -2.52. The maximum atomic E-state index is 14.1. The molecule has 1 fully saturated rings. The van der Waals surface area contributed by atoms with Gasteiger partial charge in [0.2, 0.25) is 10.0 Å². The van der Waals surface area contributed by atoms with Gasteiger partial charge in [0.1, 0.15) is 11.6 Å². The van der Waals surface area contributed by atoms with Gasteiger partial charge in [-0.1, -0.05) is 0 Å². The van der Waals surface area contributed by atoms with Gasteiger partial charge in [-0.05, 0) is 48.9 Å². The Hall–Kier alpha value is -2.17. The molecule has 3 rings (SSSR count). The molecule has 1 amide bonds. The van der Waals surface area contributed by atoms with Crippen LogP contribution in [-0.2, 0) is 14.8 Å². The van der Waals surface area contributed by atoms with Gasteiger partial charge in [0.25, 0.3) is 0 Å². The maximum Gasteiger partial charge on any atom is 0.411 e. The highest BCUT2D eigenvalue weighted by Gasteiger charge is 2.29. The number of carbonyl (C=O) groups is 1. The molecule has 29 heavy (non-hydrogen) atoms. The van der Waals surface area contributed by atoms with E-state index in [0.29, 0.717) is 17.9 Å². The van der Waals surface area contributed by atoms with Gasteiger partial charge in [-0.25, -0.2) is 22.0 Å². The molecule has 1 atom stereocenters. The van der Waals surface area contributed by atoms with Crippen LogP contribution < -0.4 is 5.32 Å². The molecule has 0 saturated carbocycles. The molecule has 0 unspecified atom stereocenters. The fraction of sp³-hybridized carbons (Fsp3) is 0.316. The van der Waals surface area contributed by atoms with Gasteiger partial charge in [0.05, 0.1) is 12.0 Å². The second-order valence-electron chi connectivity index (χ2n) is 6.36. The quantitative estimate of drug-likeness (QED) is 0.774. The fourth-order valence-corrected chi connectivity index (χ4v) is 5.84. The van der Waals surface area contributed by atoms with Crippen LogP contribution in [0.15, 0.2) is 47.4 Å². The number of sulfonamides is 1. The number of ether oxygens (including phenoxy) is 1. The normalized spacial score (nSPS) is 18.1. The molecule has 2 aromatic carbocycles. The molecule has 0 aromatic heterocycles. The molecule has 1 aliphatic heterocycles. The number of anilines is 1. The van der Waals surface area contributed by atoms with Crippen molar-refractivity contribution in [1.82, 2.24) is 4.31 Å². The fourth-order valence-electron chi connectivity index (χ4n) is 3.03. The topological polar surface area (TPSA) is 75.7 Å². The molecular formula is C19H20F2N2O4S2. The van der Waals surface area contributed by atoms with Gasteiger partial charge in [-0.2, -0.15) is 16.1 Å². The third kappa shape index (κ3) is 5.06. The molecule has 1 heterocycles. The van der Waals surface area contributed by atoms with E-state index in [1.807, 2.05) is 0 Å². The highest BCUT2D eigenvalue weighted by Crippen LogP contribution is 2.37. The number of benzene rings is 2. The van der Waals surface area contributed by atoms with E-state index in [2.05, 4.69) is 10.1 Å². The van der Waals surface area contributed by atoms with Crippen molar-refractivity contribution in [2.75, 3.05) is 31.3 Å². The first-order valence-electron chi connectivity index (χ1n) is 8.83. The van der Waals surface area contributed by atoms with Gasteiger partial charge in [-0.3, -0.25) is 5.32 Å². The third-order valence-corrected chi connectivity index (χ3v) is 7.75. The molecule has 1 N–H and O–H groups in total. The lowest BCUT2D eigenvalue weighted by Crippen LogP contribution is -2.33. The second kappa shape index (κ2) is 9.10. The van der Waals surface area contributed by atoms with Crippen LogP contribution >= 0.6 is 11.8 Å². The number of methoxy groups -OCH3 is 1. The molecule has 0 radical (unpaired) electrons. The zero-order valence-electron chi connectivity index (χ0n) is 15.6. The number of carbonyl (C=O) groups excluding carboxylic acids is 1. The number of amides is 1. The number of nitrogens with zero attached hydrogens (tertiary/aromatic N) is 1. The van der Waals surface area contributed by atoms with E-state index in [1.54, 1.807) is 0 Å². The van der Waals surface area contributed by atoms with Crippen molar-refractivity contribution in [2.24, 2.45) is 0 Å². The van der Waals surface area contributed by atoms with Crippen LogP contribution in [0.4, 0.5) is 19.3 Å². The van der Waals surface area contributed by atoms with E-state index < -0.39 is 27.8 Å². The van der Waals surface area contributed by atoms with Crippen LogP contribution in [-0.4, -0.2) is 44.8 Å². The number of halogens is 2. The van der Waals surface area contributed by atoms with Gasteiger partial charge in [-0.15, -0.1) is 0 Å². The van der Waals surface area contributed by atoms with Crippen LogP contribution in [0.2, 0.25) is 0 Å². The molecule has 156 valence electrons. The van der Waals surface area contributed by atoms with Crippen LogP contribution in [0.3, 0.4) is 0 Å². The molecule has 0 spiro atoms. The molecule has 1 aliphatic rings. The molecule has 2 aromatic rings. The third-order valence-electron chi connectivity index (χ3n) is 4.53. The standard InChI is InChI=1S/C19H20F2N2O4S2/c1-27-19(24)22-14-3-5-15(6-4-14)29(25,26)23-9-8-18(28-11-10-23)16-12-13(20)2-7-17(16)21/h2-7,12,18H,8-11H2,1H3,(H,22,24)/t18-/m0/s1. The molecule has 6 nitrogen and oxygen atoms in total. The van der Waals surface area contributed by atoms with Gasteiger partial charge < -0.3 is 4.74 Å². The lowest BCUT2D eigenvalue weighted by atomic mass is 10.1. The van der Waals surface area contributed by atoms with E-state index in [1.165, 1.54) is 53.5 Å². The lowest BCUT2D eigenvalue weighted by Gasteiger charge is -2.20. The summed E-state index contributed by atoms with van der Waals surface area (Å²) in [4.78, 5) is 11.3. The Morgan fingerprint density at radius 2 is 1.90 bits per heavy atom. The Balaban J connectivity index is 1.73. The number of nitrogens with one attached hydrogen (secondary N) is 1. The van der Waals surface area contributed by atoms with E-state index >= 15 is 0 Å². The van der Waals surface area contributed by atoms with E-state index in [9.17, 15) is 22.0 Å². The highest BCUT2D eigenvalue weighted by molar-refractivity contribution is 7.99. The van der Waals surface area contributed by atoms with E-state index in [4.69, 9.17) is 0 Å². The van der Waals surface area contributed by atoms with Crippen LogP contribution in [0.5, 0.6) is 0 Å². The average Bonchev–Trinajstić information content (AvgIpc) is 2.97. The summed E-state index contributed by atoms with van der Waals surface area (Å²) >= 11 is 1.41. The Kier molecular flexibility index (Phi) is 6.76. The molecule has 0 bridgehead atoms.